The van der Waals surface area contributed by atoms with Gasteiger partial charge >= 0.3 is 6.03 Å². The van der Waals surface area contributed by atoms with Gasteiger partial charge in [0.1, 0.15) is 11.3 Å². The molecular weight excluding hydrogens is 438 g/mol. The van der Waals surface area contributed by atoms with Crippen molar-refractivity contribution in [3.05, 3.63) is 51.7 Å². The van der Waals surface area contributed by atoms with Gasteiger partial charge in [-0.3, -0.25) is 14.6 Å². The number of carbonyl (C=O) groups is 2. The van der Waals surface area contributed by atoms with Crippen molar-refractivity contribution in [2.45, 2.75) is 38.3 Å². The molecule has 0 spiro atoms. The number of hydrogen-bond donors (Lipinski definition) is 1. The monoisotopic (exact) mass is 471 g/mol. The maximum atomic E-state index is 13.7. The van der Waals surface area contributed by atoms with Crippen LogP contribution in [0.2, 0.25) is 0 Å². The summed E-state index contributed by atoms with van der Waals surface area (Å²) in [6.07, 6.45) is 2.17. The van der Waals surface area contributed by atoms with E-state index in [-0.39, 0.29) is 24.4 Å². The number of amides is 3. The molecule has 33 heavy (non-hydrogen) atoms. The van der Waals surface area contributed by atoms with Gasteiger partial charge in [-0.25, -0.2) is 4.79 Å². The highest BCUT2D eigenvalue weighted by Gasteiger charge is 2.55. The van der Waals surface area contributed by atoms with E-state index in [0.717, 1.165) is 43.8 Å². The van der Waals surface area contributed by atoms with Gasteiger partial charge in [0, 0.05) is 25.0 Å². The number of ether oxygens (including phenoxy) is 2. The van der Waals surface area contributed by atoms with E-state index < -0.39 is 5.54 Å². The predicted molar refractivity (Wildman–Crippen MR) is 129 cm³/mol. The number of carbonyl (C=O) groups excluding carboxylic acids is 2. The normalized spacial score (nSPS) is 22.1. The zero-order valence-electron chi connectivity index (χ0n) is 19.6. The first-order valence-electron chi connectivity index (χ1n) is 11.5. The van der Waals surface area contributed by atoms with Gasteiger partial charge in [0.2, 0.25) is 0 Å². The molecule has 0 radical (unpaired) electrons. The van der Waals surface area contributed by atoms with Gasteiger partial charge < -0.3 is 14.8 Å². The molecule has 2 aliphatic heterocycles. The average Bonchev–Trinajstić information content (AvgIpc) is 3.33. The van der Waals surface area contributed by atoms with E-state index >= 15 is 0 Å². The van der Waals surface area contributed by atoms with Crippen LogP contribution in [0.25, 0.3) is 0 Å². The van der Waals surface area contributed by atoms with Crippen LogP contribution in [-0.2, 0) is 22.5 Å². The smallest absolute Gasteiger partial charge is 0.325 e. The summed E-state index contributed by atoms with van der Waals surface area (Å²) in [5.74, 6) is 0.671. The Bertz CT molecular complexity index is 986. The van der Waals surface area contributed by atoms with Crippen LogP contribution in [0.15, 0.2) is 35.7 Å². The van der Waals surface area contributed by atoms with Crippen LogP contribution in [0.5, 0.6) is 5.75 Å². The molecule has 7 nitrogen and oxygen atoms in total. The van der Waals surface area contributed by atoms with Crippen LogP contribution in [0, 0.1) is 12.8 Å². The van der Waals surface area contributed by atoms with Crippen LogP contribution in [0.3, 0.4) is 0 Å². The van der Waals surface area contributed by atoms with Crippen molar-refractivity contribution in [3.8, 4) is 5.75 Å². The topological polar surface area (TPSA) is 71.1 Å². The highest BCUT2D eigenvalue weighted by atomic mass is 32.1. The molecule has 8 heteroatoms. The zero-order valence-corrected chi connectivity index (χ0v) is 20.5. The molecule has 1 unspecified atom stereocenters. The SMILES string of the molecule is COCCN1C(=O)NC(Cc2cccc(OC)c2)(C2CCN(Cc3sccc3C)CC2)C1=O. The minimum absolute atomic E-state index is 0.0633. The molecule has 0 aliphatic carbocycles. The van der Waals surface area contributed by atoms with E-state index in [1.807, 2.05) is 24.3 Å². The lowest BCUT2D eigenvalue weighted by atomic mass is 9.74. The molecule has 2 aliphatic rings. The Morgan fingerprint density at radius 3 is 2.64 bits per heavy atom. The molecule has 178 valence electrons. The van der Waals surface area contributed by atoms with Crippen molar-refractivity contribution in [2.24, 2.45) is 5.92 Å². The van der Waals surface area contributed by atoms with Crippen molar-refractivity contribution in [3.63, 3.8) is 0 Å². The molecule has 1 aromatic carbocycles. The predicted octanol–water partition coefficient (Wildman–Crippen LogP) is 3.46. The first kappa shape index (κ1) is 23.7. The molecule has 0 saturated carbocycles. The average molecular weight is 472 g/mol. The molecule has 1 N–H and O–H groups in total. The number of rotatable bonds is 9. The van der Waals surface area contributed by atoms with E-state index in [0.29, 0.717) is 13.0 Å². The van der Waals surface area contributed by atoms with Crippen molar-refractivity contribution < 1.29 is 19.1 Å². The summed E-state index contributed by atoms with van der Waals surface area (Å²) in [6.45, 7) is 5.50. The van der Waals surface area contributed by atoms with Crippen LogP contribution < -0.4 is 10.1 Å². The number of thiophene rings is 1. The van der Waals surface area contributed by atoms with E-state index in [2.05, 4.69) is 28.6 Å². The highest BCUT2D eigenvalue weighted by Crippen LogP contribution is 2.37. The second kappa shape index (κ2) is 10.2. The second-order valence-corrected chi connectivity index (χ2v) is 9.96. The Labute approximate surface area is 199 Å². The number of imide groups is 1. The third-order valence-corrected chi connectivity index (χ3v) is 7.97. The maximum Gasteiger partial charge on any atom is 0.325 e. The zero-order chi connectivity index (χ0) is 23.4. The molecular formula is C25H33N3O4S. The molecule has 4 rings (SSSR count). The van der Waals surface area contributed by atoms with Crippen LogP contribution in [0.1, 0.15) is 28.8 Å². The summed E-state index contributed by atoms with van der Waals surface area (Å²) in [7, 11) is 3.21. The first-order valence-corrected chi connectivity index (χ1v) is 12.4. The van der Waals surface area contributed by atoms with Crippen LogP contribution in [-0.4, -0.2) is 67.7 Å². The Kier molecular flexibility index (Phi) is 7.36. The van der Waals surface area contributed by atoms with Gasteiger partial charge in [-0.1, -0.05) is 12.1 Å². The maximum absolute atomic E-state index is 13.7. The summed E-state index contributed by atoms with van der Waals surface area (Å²) >= 11 is 1.80. The summed E-state index contributed by atoms with van der Waals surface area (Å²) in [6, 6.07) is 9.61. The Morgan fingerprint density at radius 1 is 1.18 bits per heavy atom. The second-order valence-electron chi connectivity index (χ2n) is 8.96. The van der Waals surface area contributed by atoms with Gasteiger partial charge in [-0.15, -0.1) is 11.3 Å². The fourth-order valence-electron chi connectivity index (χ4n) is 5.03. The van der Waals surface area contributed by atoms with Crippen molar-refractivity contribution in [2.75, 3.05) is 40.5 Å². The quantitative estimate of drug-likeness (QED) is 0.567. The number of nitrogens with one attached hydrogen (secondary N) is 1. The number of methoxy groups -OCH3 is 2. The van der Waals surface area contributed by atoms with E-state index in [1.54, 1.807) is 25.6 Å². The fourth-order valence-corrected chi connectivity index (χ4v) is 5.98. The third kappa shape index (κ3) is 4.93. The number of aryl methyl sites for hydroxylation is 1. The summed E-state index contributed by atoms with van der Waals surface area (Å²) in [5.41, 5.74) is 1.37. The van der Waals surface area contributed by atoms with Gasteiger partial charge in [-0.2, -0.15) is 0 Å². The molecule has 1 aromatic heterocycles. The largest absolute Gasteiger partial charge is 0.497 e. The molecule has 1 atom stereocenters. The van der Waals surface area contributed by atoms with Gasteiger partial charge in [0.15, 0.2) is 0 Å². The Morgan fingerprint density at radius 2 is 1.97 bits per heavy atom. The number of urea groups is 1. The van der Waals surface area contributed by atoms with Gasteiger partial charge in [0.05, 0.1) is 20.3 Å². The van der Waals surface area contributed by atoms with E-state index in [9.17, 15) is 9.59 Å². The summed E-state index contributed by atoms with van der Waals surface area (Å²) < 4.78 is 10.5. The number of hydrogen-bond acceptors (Lipinski definition) is 6. The van der Waals surface area contributed by atoms with E-state index in [4.69, 9.17) is 9.47 Å². The number of likely N-dealkylation sites (tertiary alicyclic amines) is 1. The number of piperidine rings is 1. The minimum Gasteiger partial charge on any atom is -0.497 e. The molecule has 3 heterocycles. The van der Waals surface area contributed by atoms with Crippen LogP contribution >= 0.6 is 11.3 Å². The summed E-state index contributed by atoms with van der Waals surface area (Å²) in [4.78, 5) is 31.8. The Hall–Kier alpha value is -2.42. The first-order chi connectivity index (χ1) is 16.0. The van der Waals surface area contributed by atoms with Crippen LogP contribution in [0.4, 0.5) is 4.79 Å². The summed E-state index contributed by atoms with van der Waals surface area (Å²) in [5, 5.41) is 5.27. The van der Waals surface area contributed by atoms with Crippen molar-refractivity contribution in [1.82, 2.24) is 15.1 Å². The van der Waals surface area contributed by atoms with E-state index in [1.165, 1.54) is 15.3 Å². The molecule has 2 aromatic rings. The number of benzene rings is 1. The third-order valence-electron chi connectivity index (χ3n) is 6.96. The minimum atomic E-state index is -0.942. The highest BCUT2D eigenvalue weighted by molar-refractivity contribution is 7.10. The molecule has 2 fully saturated rings. The molecule has 0 bridgehead atoms. The molecule has 2 saturated heterocycles. The van der Waals surface area contributed by atoms with Crippen molar-refractivity contribution in [1.29, 1.82) is 0 Å². The lowest BCUT2D eigenvalue weighted by Crippen LogP contribution is -2.57. The number of nitrogens with zero attached hydrogens (tertiary/aromatic N) is 2. The Balaban J connectivity index is 1.55. The van der Waals surface area contributed by atoms with Crippen molar-refractivity contribution >= 4 is 23.3 Å². The van der Waals surface area contributed by atoms with Gasteiger partial charge in [0.25, 0.3) is 5.91 Å². The van der Waals surface area contributed by atoms with Gasteiger partial charge in [-0.05, 0) is 73.5 Å². The molecule has 3 amide bonds. The lowest BCUT2D eigenvalue weighted by Gasteiger charge is -2.41. The standard InChI is InChI=1S/C25H33N3O4S/c1-18-9-14-33-22(18)17-27-10-7-20(8-11-27)25(16-19-5-4-6-21(15-19)32-3)23(29)28(12-13-31-2)24(30)26-25/h4-6,9,14-15,20H,7-8,10-13,16-17H2,1-3H3,(H,26,30). The lowest BCUT2D eigenvalue weighted by molar-refractivity contribution is -0.134. The fraction of sp³-hybridized carbons (Fsp3) is 0.520.